The van der Waals surface area contributed by atoms with E-state index in [1.54, 1.807) is 17.0 Å². The van der Waals surface area contributed by atoms with Crippen LogP contribution in [0.5, 0.6) is 5.75 Å². The number of carbonyl (C=O) groups is 2. The molecule has 0 heterocycles. The summed E-state index contributed by atoms with van der Waals surface area (Å²) >= 11 is 5.95. The molecule has 38 heavy (non-hydrogen) atoms. The van der Waals surface area contributed by atoms with Gasteiger partial charge in [-0.25, -0.2) is 0 Å². The SMILES string of the molecule is O=C(NC1CCCCC1)[C@H](Cc1ccccc1)N(Cc1ccccc1)C(=O)CCCOc1ccc(Cl)cc1. The molecule has 1 fully saturated rings. The fourth-order valence-corrected chi connectivity index (χ4v) is 5.09. The number of nitrogens with one attached hydrogen (secondary N) is 1. The van der Waals surface area contributed by atoms with Gasteiger partial charge in [0, 0.05) is 30.5 Å². The van der Waals surface area contributed by atoms with Crippen LogP contribution in [0.1, 0.15) is 56.1 Å². The maximum absolute atomic E-state index is 13.8. The van der Waals surface area contributed by atoms with Gasteiger partial charge in [-0.3, -0.25) is 9.59 Å². The van der Waals surface area contributed by atoms with Crippen molar-refractivity contribution in [1.82, 2.24) is 10.2 Å². The fourth-order valence-electron chi connectivity index (χ4n) is 4.97. The Hall–Kier alpha value is -3.31. The number of nitrogens with zero attached hydrogens (tertiary/aromatic N) is 1. The Balaban J connectivity index is 1.49. The van der Waals surface area contributed by atoms with E-state index in [1.807, 2.05) is 72.8 Å². The smallest absolute Gasteiger partial charge is 0.243 e. The second-order valence-electron chi connectivity index (χ2n) is 9.96. The number of hydrogen-bond donors (Lipinski definition) is 1. The number of rotatable bonds is 12. The summed E-state index contributed by atoms with van der Waals surface area (Å²) in [6.07, 6.45) is 6.80. The lowest BCUT2D eigenvalue weighted by atomic mass is 9.94. The molecule has 1 aliphatic rings. The Kier molecular flexibility index (Phi) is 10.6. The van der Waals surface area contributed by atoms with Crippen LogP contribution < -0.4 is 10.1 Å². The van der Waals surface area contributed by atoms with Gasteiger partial charge in [0.05, 0.1) is 6.61 Å². The quantitative estimate of drug-likeness (QED) is 0.268. The van der Waals surface area contributed by atoms with E-state index >= 15 is 0 Å². The molecular formula is C32H37ClN2O3. The summed E-state index contributed by atoms with van der Waals surface area (Å²) in [7, 11) is 0. The van der Waals surface area contributed by atoms with Crippen LogP contribution in [-0.4, -0.2) is 35.4 Å². The van der Waals surface area contributed by atoms with Crippen LogP contribution in [-0.2, 0) is 22.6 Å². The van der Waals surface area contributed by atoms with Gasteiger partial charge in [0.2, 0.25) is 11.8 Å². The highest BCUT2D eigenvalue weighted by molar-refractivity contribution is 6.30. The maximum Gasteiger partial charge on any atom is 0.243 e. The van der Waals surface area contributed by atoms with Crippen LogP contribution in [0.4, 0.5) is 0 Å². The van der Waals surface area contributed by atoms with Crippen molar-refractivity contribution in [1.29, 1.82) is 0 Å². The lowest BCUT2D eigenvalue weighted by molar-refractivity contribution is -0.141. The topological polar surface area (TPSA) is 58.6 Å². The Morgan fingerprint density at radius 3 is 2.16 bits per heavy atom. The van der Waals surface area contributed by atoms with E-state index in [0.29, 0.717) is 37.4 Å². The van der Waals surface area contributed by atoms with Gasteiger partial charge < -0.3 is 15.0 Å². The van der Waals surface area contributed by atoms with Crippen molar-refractivity contribution in [2.75, 3.05) is 6.61 Å². The monoisotopic (exact) mass is 532 g/mol. The lowest BCUT2D eigenvalue weighted by Gasteiger charge is -2.33. The highest BCUT2D eigenvalue weighted by Crippen LogP contribution is 2.21. The van der Waals surface area contributed by atoms with Crippen molar-refractivity contribution in [2.45, 2.75) is 70.0 Å². The minimum atomic E-state index is -0.593. The summed E-state index contributed by atoms with van der Waals surface area (Å²) in [6, 6.07) is 26.6. The lowest BCUT2D eigenvalue weighted by Crippen LogP contribution is -2.52. The summed E-state index contributed by atoms with van der Waals surface area (Å²) in [5.41, 5.74) is 2.04. The Labute approximate surface area is 231 Å². The average molecular weight is 533 g/mol. The first-order chi connectivity index (χ1) is 18.6. The summed E-state index contributed by atoms with van der Waals surface area (Å²) in [5.74, 6) is 0.604. The molecule has 4 rings (SSSR count). The minimum Gasteiger partial charge on any atom is -0.494 e. The van der Waals surface area contributed by atoms with E-state index < -0.39 is 6.04 Å². The average Bonchev–Trinajstić information content (AvgIpc) is 2.95. The van der Waals surface area contributed by atoms with Crippen LogP contribution in [0.3, 0.4) is 0 Å². The van der Waals surface area contributed by atoms with Gasteiger partial charge in [-0.1, -0.05) is 91.5 Å². The number of halogens is 1. The van der Waals surface area contributed by atoms with E-state index in [4.69, 9.17) is 16.3 Å². The molecule has 0 aromatic heterocycles. The molecule has 0 radical (unpaired) electrons. The van der Waals surface area contributed by atoms with E-state index in [1.165, 1.54) is 6.42 Å². The zero-order valence-electron chi connectivity index (χ0n) is 21.9. The normalized spacial score (nSPS) is 14.4. The van der Waals surface area contributed by atoms with Gasteiger partial charge in [0.25, 0.3) is 0 Å². The minimum absolute atomic E-state index is 0.0479. The largest absolute Gasteiger partial charge is 0.494 e. The molecule has 0 saturated heterocycles. The van der Waals surface area contributed by atoms with Crippen LogP contribution in [0.15, 0.2) is 84.9 Å². The highest BCUT2D eigenvalue weighted by Gasteiger charge is 2.31. The molecule has 1 atom stereocenters. The Morgan fingerprint density at radius 1 is 0.868 bits per heavy atom. The molecule has 0 bridgehead atoms. The summed E-state index contributed by atoms with van der Waals surface area (Å²) in [4.78, 5) is 29.2. The summed E-state index contributed by atoms with van der Waals surface area (Å²) in [5, 5.41) is 3.94. The van der Waals surface area contributed by atoms with Gasteiger partial charge in [0.1, 0.15) is 11.8 Å². The number of carbonyl (C=O) groups excluding carboxylic acids is 2. The van der Waals surface area contributed by atoms with Gasteiger partial charge in [-0.05, 0) is 54.7 Å². The summed E-state index contributed by atoms with van der Waals surface area (Å²) < 4.78 is 5.80. The molecule has 0 aliphatic heterocycles. The molecule has 1 aliphatic carbocycles. The molecule has 1 saturated carbocycles. The fraction of sp³-hybridized carbons (Fsp3) is 0.375. The zero-order chi connectivity index (χ0) is 26.6. The first-order valence-corrected chi connectivity index (χ1v) is 14.0. The molecule has 3 aromatic carbocycles. The van der Waals surface area contributed by atoms with Crippen molar-refractivity contribution < 1.29 is 14.3 Å². The zero-order valence-corrected chi connectivity index (χ0v) is 22.6. The second-order valence-corrected chi connectivity index (χ2v) is 10.4. The molecule has 6 heteroatoms. The highest BCUT2D eigenvalue weighted by atomic mass is 35.5. The molecule has 1 N–H and O–H groups in total. The van der Waals surface area contributed by atoms with Crippen LogP contribution in [0.2, 0.25) is 5.02 Å². The van der Waals surface area contributed by atoms with Gasteiger partial charge >= 0.3 is 0 Å². The van der Waals surface area contributed by atoms with Gasteiger partial charge in [-0.2, -0.15) is 0 Å². The predicted octanol–water partition coefficient (Wildman–Crippen LogP) is 6.59. The van der Waals surface area contributed by atoms with Crippen LogP contribution in [0.25, 0.3) is 0 Å². The van der Waals surface area contributed by atoms with E-state index in [2.05, 4.69) is 5.32 Å². The van der Waals surface area contributed by atoms with Gasteiger partial charge in [-0.15, -0.1) is 0 Å². The first-order valence-electron chi connectivity index (χ1n) is 13.6. The van der Waals surface area contributed by atoms with Crippen molar-refractivity contribution in [3.8, 4) is 5.75 Å². The second kappa shape index (κ2) is 14.6. The first kappa shape index (κ1) is 27.7. The van der Waals surface area contributed by atoms with E-state index in [9.17, 15) is 9.59 Å². The molecule has 5 nitrogen and oxygen atoms in total. The molecule has 0 unspecified atom stereocenters. The third-order valence-corrected chi connectivity index (χ3v) is 7.29. The molecule has 3 aromatic rings. The van der Waals surface area contributed by atoms with Crippen molar-refractivity contribution in [3.63, 3.8) is 0 Å². The predicted molar refractivity (Wildman–Crippen MR) is 152 cm³/mol. The maximum atomic E-state index is 13.8. The third kappa shape index (κ3) is 8.63. The molecule has 2 amide bonds. The van der Waals surface area contributed by atoms with Crippen molar-refractivity contribution >= 4 is 23.4 Å². The summed E-state index contributed by atoms with van der Waals surface area (Å²) in [6.45, 7) is 0.789. The van der Waals surface area contributed by atoms with Crippen LogP contribution >= 0.6 is 11.6 Å². The molecule has 0 spiro atoms. The van der Waals surface area contributed by atoms with Crippen molar-refractivity contribution in [2.24, 2.45) is 0 Å². The molecule has 200 valence electrons. The number of hydrogen-bond acceptors (Lipinski definition) is 3. The Bertz CT molecular complexity index is 1130. The van der Waals surface area contributed by atoms with Gasteiger partial charge in [0.15, 0.2) is 0 Å². The standard InChI is InChI=1S/C32H37ClN2O3/c33-27-18-20-29(21-19-27)38-22-10-17-31(36)35(24-26-13-6-2-7-14-26)30(23-25-11-4-1-5-12-25)32(37)34-28-15-8-3-9-16-28/h1-2,4-7,11-14,18-21,28,30H,3,8-10,15-17,22-24H2,(H,34,37)/t30-/m0/s1. The van der Waals surface area contributed by atoms with E-state index in [0.717, 1.165) is 42.6 Å². The molecular weight excluding hydrogens is 496 g/mol. The number of ether oxygens (including phenoxy) is 1. The van der Waals surface area contributed by atoms with Crippen molar-refractivity contribution in [3.05, 3.63) is 101 Å². The Morgan fingerprint density at radius 2 is 1.50 bits per heavy atom. The van der Waals surface area contributed by atoms with E-state index in [-0.39, 0.29) is 17.9 Å². The number of amides is 2. The third-order valence-electron chi connectivity index (χ3n) is 7.04. The van der Waals surface area contributed by atoms with Crippen LogP contribution in [0, 0.1) is 0 Å². The number of benzene rings is 3.